The topological polar surface area (TPSA) is 86.8 Å². The number of carbonyl (C=O) groups excluding carboxylic acids is 2. The second kappa shape index (κ2) is 14.0. The fraction of sp³-hybridized carbons (Fsp3) is 0.310. The maximum absolute atomic E-state index is 13.6. The van der Waals surface area contributed by atoms with Crippen LogP contribution >= 0.6 is 15.9 Å². The molecule has 0 aliphatic heterocycles. The predicted octanol–water partition coefficient (Wildman–Crippen LogP) is 5.40. The van der Waals surface area contributed by atoms with Crippen molar-refractivity contribution in [2.75, 3.05) is 24.2 Å². The van der Waals surface area contributed by atoms with Crippen LogP contribution in [0.25, 0.3) is 0 Å². The predicted molar refractivity (Wildman–Crippen MR) is 156 cm³/mol. The highest BCUT2D eigenvalue weighted by Crippen LogP contribution is 2.32. The fourth-order valence-corrected chi connectivity index (χ4v) is 5.57. The summed E-state index contributed by atoms with van der Waals surface area (Å²) in [7, 11) is -2.47. The van der Waals surface area contributed by atoms with E-state index < -0.39 is 33.7 Å². The van der Waals surface area contributed by atoms with Crippen LogP contribution in [0.3, 0.4) is 0 Å². The molecule has 1 N–H and O–H groups in total. The molecule has 220 valence electrons. The van der Waals surface area contributed by atoms with Gasteiger partial charge < -0.3 is 10.2 Å². The highest BCUT2D eigenvalue weighted by atomic mass is 79.9. The molecule has 1 atom stereocenters. The van der Waals surface area contributed by atoms with E-state index in [0.29, 0.717) is 0 Å². The summed E-state index contributed by atoms with van der Waals surface area (Å²) in [6, 6.07) is 19.7. The van der Waals surface area contributed by atoms with Gasteiger partial charge in [0.2, 0.25) is 21.8 Å². The molecule has 0 spiro atoms. The fourth-order valence-electron chi connectivity index (χ4n) is 4.35. The van der Waals surface area contributed by atoms with Crippen molar-refractivity contribution in [1.82, 2.24) is 10.2 Å². The van der Waals surface area contributed by atoms with Gasteiger partial charge in [0.05, 0.1) is 17.5 Å². The van der Waals surface area contributed by atoms with E-state index in [4.69, 9.17) is 0 Å². The van der Waals surface area contributed by atoms with Crippen molar-refractivity contribution in [2.45, 2.75) is 38.0 Å². The molecule has 1 unspecified atom stereocenters. The first-order valence-corrected chi connectivity index (χ1v) is 15.4. The Morgan fingerprint density at radius 1 is 0.951 bits per heavy atom. The van der Waals surface area contributed by atoms with Gasteiger partial charge in [-0.2, -0.15) is 13.2 Å². The van der Waals surface area contributed by atoms with E-state index in [1.165, 1.54) is 18.0 Å². The van der Waals surface area contributed by atoms with Crippen molar-refractivity contribution in [3.8, 4) is 0 Å². The zero-order valence-corrected chi connectivity index (χ0v) is 25.0. The molecular weight excluding hydrogens is 623 g/mol. The lowest BCUT2D eigenvalue weighted by Gasteiger charge is -2.31. The molecule has 0 fully saturated rings. The summed E-state index contributed by atoms with van der Waals surface area (Å²) in [6.07, 6.45) is -3.61. The Hall–Kier alpha value is -3.38. The van der Waals surface area contributed by atoms with Crippen molar-refractivity contribution in [3.63, 3.8) is 0 Å². The van der Waals surface area contributed by atoms with Gasteiger partial charge in [0.15, 0.2) is 0 Å². The minimum atomic E-state index is -4.64. The Kier molecular flexibility index (Phi) is 11.0. The second-order valence-corrected chi connectivity index (χ2v) is 12.3. The lowest BCUT2D eigenvalue weighted by atomic mass is 10.0. The number of rotatable bonds is 12. The lowest BCUT2D eigenvalue weighted by Crippen LogP contribution is -2.49. The summed E-state index contributed by atoms with van der Waals surface area (Å²) < 4.78 is 66.5. The number of alkyl halides is 3. The largest absolute Gasteiger partial charge is 0.416 e. The maximum Gasteiger partial charge on any atom is 0.416 e. The lowest BCUT2D eigenvalue weighted by molar-refractivity contribution is -0.141. The highest BCUT2D eigenvalue weighted by molar-refractivity contribution is 9.10. The van der Waals surface area contributed by atoms with Crippen LogP contribution in [-0.4, -0.2) is 51.0 Å². The molecule has 2 amide bonds. The van der Waals surface area contributed by atoms with Crippen LogP contribution in [0.4, 0.5) is 18.9 Å². The van der Waals surface area contributed by atoms with E-state index in [1.54, 1.807) is 0 Å². The zero-order chi connectivity index (χ0) is 30.2. The van der Waals surface area contributed by atoms with Gasteiger partial charge in [-0.25, -0.2) is 8.42 Å². The number of halogens is 4. The Morgan fingerprint density at radius 2 is 1.61 bits per heavy atom. The first-order chi connectivity index (χ1) is 19.3. The number of amides is 2. The number of hydrogen-bond donors (Lipinski definition) is 1. The average Bonchev–Trinajstić information content (AvgIpc) is 2.93. The smallest absolute Gasteiger partial charge is 0.357 e. The summed E-state index contributed by atoms with van der Waals surface area (Å²) in [5.74, 6) is -0.754. The van der Waals surface area contributed by atoms with E-state index in [2.05, 4.69) is 21.2 Å². The summed E-state index contributed by atoms with van der Waals surface area (Å²) >= 11 is 3.39. The normalized spacial score (nSPS) is 12.4. The zero-order valence-electron chi connectivity index (χ0n) is 22.6. The Bertz CT molecular complexity index is 1440. The molecule has 0 aliphatic carbocycles. The number of benzene rings is 3. The summed E-state index contributed by atoms with van der Waals surface area (Å²) in [4.78, 5) is 28.1. The van der Waals surface area contributed by atoms with Crippen LogP contribution in [0.1, 0.15) is 29.5 Å². The molecule has 3 aromatic carbocycles. The summed E-state index contributed by atoms with van der Waals surface area (Å²) in [5.41, 5.74) is 0.510. The van der Waals surface area contributed by atoms with Crippen LogP contribution in [0, 0.1) is 0 Å². The van der Waals surface area contributed by atoms with Crippen molar-refractivity contribution in [2.24, 2.45) is 0 Å². The molecule has 0 radical (unpaired) electrons. The SMILES string of the molecule is CNC(=O)C(Cc1ccccc1)N(Cc1ccc(Br)cc1)C(=O)CCCN(c1cccc(C(F)(F)F)c1)S(C)(=O)=O. The highest BCUT2D eigenvalue weighted by Gasteiger charge is 2.32. The Morgan fingerprint density at radius 3 is 2.20 bits per heavy atom. The van der Waals surface area contributed by atoms with Crippen LogP contribution in [0.15, 0.2) is 83.3 Å². The maximum atomic E-state index is 13.6. The minimum absolute atomic E-state index is 0.0186. The van der Waals surface area contributed by atoms with E-state index in [1.807, 2.05) is 54.6 Å². The van der Waals surface area contributed by atoms with Crippen molar-refractivity contribution < 1.29 is 31.2 Å². The number of anilines is 1. The third kappa shape index (κ3) is 9.32. The van der Waals surface area contributed by atoms with Gasteiger partial charge in [-0.15, -0.1) is 0 Å². The molecule has 7 nitrogen and oxygen atoms in total. The van der Waals surface area contributed by atoms with E-state index in [-0.39, 0.29) is 43.9 Å². The molecule has 0 aromatic heterocycles. The van der Waals surface area contributed by atoms with Gasteiger partial charge in [-0.3, -0.25) is 13.9 Å². The van der Waals surface area contributed by atoms with Crippen molar-refractivity contribution >= 4 is 43.5 Å². The second-order valence-electron chi connectivity index (χ2n) is 9.45. The first-order valence-electron chi connectivity index (χ1n) is 12.7. The quantitative estimate of drug-likeness (QED) is 0.284. The summed E-state index contributed by atoms with van der Waals surface area (Å²) in [5, 5.41) is 2.63. The minimum Gasteiger partial charge on any atom is -0.357 e. The third-order valence-electron chi connectivity index (χ3n) is 6.40. The van der Waals surface area contributed by atoms with Crippen molar-refractivity contribution in [1.29, 1.82) is 0 Å². The molecule has 0 bridgehead atoms. The van der Waals surface area contributed by atoms with Gasteiger partial charge in [0.1, 0.15) is 6.04 Å². The number of likely N-dealkylation sites (N-methyl/N-ethyl adjacent to an activating group) is 1. The van der Waals surface area contributed by atoms with Gasteiger partial charge in [0, 0.05) is 37.5 Å². The monoisotopic (exact) mass is 653 g/mol. The molecule has 0 saturated carbocycles. The number of hydrogen-bond acceptors (Lipinski definition) is 4. The number of carbonyl (C=O) groups is 2. The molecule has 3 aromatic rings. The molecule has 3 rings (SSSR count). The van der Waals surface area contributed by atoms with Gasteiger partial charge in [-0.05, 0) is 47.9 Å². The molecule has 0 heterocycles. The van der Waals surface area contributed by atoms with Gasteiger partial charge in [-0.1, -0.05) is 64.5 Å². The Labute approximate surface area is 246 Å². The van der Waals surface area contributed by atoms with Crippen LogP contribution in [-0.2, 0) is 38.8 Å². The molecule has 0 aliphatic rings. The Balaban J connectivity index is 1.85. The standard InChI is InChI=1S/C29H31BrF3N3O4S/c1-34-28(38)26(18-21-8-4-3-5-9-21)35(20-22-13-15-24(30)16-14-22)27(37)12-7-17-36(41(2,39)40)25-11-6-10-23(19-25)29(31,32)33/h3-6,8-11,13-16,19,26H,7,12,17-18,20H2,1-2H3,(H,34,38). The van der Waals surface area contributed by atoms with Crippen LogP contribution in [0.2, 0.25) is 0 Å². The third-order valence-corrected chi connectivity index (χ3v) is 8.12. The molecule has 0 saturated heterocycles. The van der Waals surface area contributed by atoms with Crippen LogP contribution in [0.5, 0.6) is 0 Å². The van der Waals surface area contributed by atoms with Gasteiger partial charge >= 0.3 is 6.18 Å². The number of nitrogens with one attached hydrogen (secondary N) is 1. The molecule has 12 heteroatoms. The van der Waals surface area contributed by atoms with E-state index in [0.717, 1.165) is 44.4 Å². The van der Waals surface area contributed by atoms with Crippen molar-refractivity contribution in [3.05, 3.63) is 100 Å². The molecular formula is C29H31BrF3N3O4S. The number of nitrogens with zero attached hydrogens (tertiary/aromatic N) is 2. The summed E-state index contributed by atoms with van der Waals surface area (Å²) in [6.45, 7) is -0.0955. The number of sulfonamides is 1. The van der Waals surface area contributed by atoms with Crippen LogP contribution < -0.4 is 9.62 Å². The van der Waals surface area contributed by atoms with Gasteiger partial charge in [0.25, 0.3) is 0 Å². The molecule has 41 heavy (non-hydrogen) atoms. The first kappa shape index (κ1) is 32.1. The van der Waals surface area contributed by atoms with E-state index >= 15 is 0 Å². The van der Waals surface area contributed by atoms with E-state index in [9.17, 15) is 31.2 Å². The average molecular weight is 655 g/mol.